The fourth-order valence-electron chi connectivity index (χ4n) is 9.01. The monoisotopic (exact) mass is 878 g/mol. The maximum Gasteiger partial charge on any atom is 0.223 e. The third-order valence-corrected chi connectivity index (χ3v) is 13.0. The summed E-state index contributed by atoms with van der Waals surface area (Å²) in [5.41, 5.74) is 7.72. The average Bonchev–Trinajstić information content (AvgIpc) is 4.09. The van der Waals surface area contributed by atoms with Crippen molar-refractivity contribution in [2.24, 2.45) is 0 Å². The van der Waals surface area contributed by atoms with Crippen LogP contribution in [0.4, 0.5) is 20.7 Å². The van der Waals surface area contributed by atoms with Crippen molar-refractivity contribution in [2.45, 2.75) is 95.0 Å². The second-order valence-electron chi connectivity index (χ2n) is 17.2. The second-order valence-corrected chi connectivity index (χ2v) is 17.2. The quantitative estimate of drug-likeness (QED) is 0.0959. The van der Waals surface area contributed by atoms with Gasteiger partial charge in [0.1, 0.15) is 29.0 Å². The molecule has 7 aromatic rings. The lowest BCUT2D eigenvalue weighted by Crippen LogP contribution is -2.28. The SMILES string of the molecule is COc1ccc(COC[C@@H]2CCc3nc(-c4ccc(F)cc4)c(-c4ccnc(NC5CCC5)n4)n32)cc1.OC[C@@H]1CCc2nc(-c3ccc(F)cc3)c(-c3ccnc(NC4CCC4)n3)n21. The molecule has 0 spiro atoms. The number of methoxy groups -OCH3 is 1. The fourth-order valence-corrected chi connectivity index (χ4v) is 9.01. The number of aromatic nitrogens is 8. The fraction of sp³-hybridized carbons (Fsp3) is 0.360. The van der Waals surface area contributed by atoms with Gasteiger partial charge in [0.25, 0.3) is 0 Å². The lowest BCUT2D eigenvalue weighted by molar-refractivity contribution is 0.0924. The number of rotatable bonds is 14. The molecule has 0 unspecified atom stereocenters. The first-order valence-corrected chi connectivity index (χ1v) is 22.7. The number of nitrogens with one attached hydrogen (secondary N) is 2. The standard InChI is InChI=1S/C29H30FN5O2.C21H22FN5O/c1-36-24-12-5-19(6-13-24)17-37-18-23-11-14-26-34-27(20-7-9-21(30)10-8-20)28(35(23)26)25-15-16-31-29(33-25)32-22-3-2-4-22;22-14-6-4-13(5-7-14)19-20(27-16(12-28)8-9-18(27)26-19)17-10-11-23-21(25-17)24-15-2-1-3-15/h5-10,12-13,15-16,22-23H,2-4,11,14,17-18H2,1H3,(H,31,32,33);4-7,10-11,15-16,28H,1-3,8-9,12H2,(H,23,24,25)/t23-;16-/m00/s1. The van der Waals surface area contributed by atoms with Crippen LogP contribution >= 0.6 is 0 Å². The highest BCUT2D eigenvalue weighted by Crippen LogP contribution is 2.41. The number of benzene rings is 3. The zero-order valence-electron chi connectivity index (χ0n) is 36.3. The Labute approximate surface area is 376 Å². The van der Waals surface area contributed by atoms with Crippen LogP contribution in [0.2, 0.25) is 0 Å². The van der Waals surface area contributed by atoms with Gasteiger partial charge < -0.3 is 34.3 Å². The van der Waals surface area contributed by atoms with Crippen LogP contribution in [0.5, 0.6) is 5.75 Å². The summed E-state index contributed by atoms with van der Waals surface area (Å²) in [6.45, 7) is 1.13. The van der Waals surface area contributed by atoms with Gasteiger partial charge >= 0.3 is 0 Å². The molecule has 4 aromatic heterocycles. The topological polar surface area (TPSA) is 150 Å². The van der Waals surface area contributed by atoms with Crippen molar-refractivity contribution < 1.29 is 23.4 Å². The van der Waals surface area contributed by atoms with Gasteiger partial charge in [-0.2, -0.15) is 0 Å². The van der Waals surface area contributed by atoms with E-state index >= 15 is 0 Å². The van der Waals surface area contributed by atoms with Gasteiger partial charge in [-0.05, 0) is 130 Å². The molecule has 6 heterocycles. The van der Waals surface area contributed by atoms with Gasteiger partial charge in [-0.25, -0.2) is 38.7 Å². The van der Waals surface area contributed by atoms with Crippen molar-refractivity contribution in [1.82, 2.24) is 39.0 Å². The summed E-state index contributed by atoms with van der Waals surface area (Å²) in [5, 5.41) is 16.7. The zero-order valence-corrected chi connectivity index (χ0v) is 36.3. The molecule has 0 saturated heterocycles. The van der Waals surface area contributed by atoms with Gasteiger partial charge in [0.05, 0.1) is 73.2 Å². The molecule has 0 bridgehead atoms. The smallest absolute Gasteiger partial charge is 0.223 e. The molecule has 65 heavy (non-hydrogen) atoms. The predicted octanol–water partition coefficient (Wildman–Crippen LogP) is 9.41. The first-order chi connectivity index (χ1) is 31.9. The summed E-state index contributed by atoms with van der Waals surface area (Å²) in [6, 6.07) is 25.6. The summed E-state index contributed by atoms with van der Waals surface area (Å²) in [5.74, 6) is 3.46. The van der Waals surface area contributed by atoms with E-state index in [0.29, 0.717) is 37.2 Å². The highest BCUT2D eigenvalue weighted by molar-refractivity contribution is 5.79. The Morgan fingerprint density at radius 2 is 1.11 bits per heavy atom. The van der Waals surface area contributed by atoms with Crippen molar-refractivity contribution in [1.29, 1.82) is 0 Å². The van der Waals surface area contributed by atoms with E-state index in [2.05, 4.69) is 29.7 Å². The largest absolute Gasteiger partial charge is 0.497 e. The van der Waals surface area contributed by atoms with Crippen molar-refractivity contribution in [3.63, 3.8) is 0 Å². The van der Waals surface area contributed by atoms with Gasteiger partial charge in [-0.3, -0.25) is 0 Å². The van der Waals surface area contributed by atoms with Crippen LogP contribution in [0, 0.1) is 11.6 Å². The summed E-state index contributed by atoms with van der Waals surface area (Å²) in [4.78, 5) is 28.3. The van der Waals surface area contributed by atoms with E-state index in [1.807, 2.05) is 36.4 Å². The number of ether oxygens (including phenoxy) is 2. The summed E-state index contributed by atoms with van der Waals surface area (Å²) in [6.07, 6.45) is 14.0. The molecular formula is C50H52F2N10O3. The number of hydrogen-bond donors (Lipinski definition) is 3. The zero-order chi connectivity index (χ0) is 44.3. The number of aliphatic hydroxyl groups excluding tert-OH is 1. The summed E-state index contributed by atoms with van der Waals surface area (Å²) < 4.78 is 42.9. The van der Waals surface area contributed by atoms with Gasteiger partial charge in [0.15, 0.2) is 0 Å². The van der Waals surface area contributed by atoms with E-state index in [-0.39, 0.29) is 30.3 Å². The Morgan fingerprint density at radius 3 is 1.57 bits per heavy atom. The van der Waals surface area contributed by atoms with E-state index in [1.54, 1.807) is 43.8 Å². The number of fused-ring (bicyclic) bond motifs is 2. The van der Waals surface area contributed by atoms with Crippen molar-refractivity contribution in [2.75, 3.05) is 31.0 Å². The molecule has 2 aliphatic heterocycles. The lowest BCUT2D eigenvalue weighted by atomic mass is 9.93. The van der Waals surface area contributed by atoms with E-state index in [4.69, 9.17) is 29.4 Å². The maximum atomic E-state index is 13.7. The molecule has 4 aliphatic rings. The molecule has 15 heteroatoms. The van der Waals surface area contributed by atoms with Crippen LogP contribution in [0.3, 0.4) is 0 Å². The minimum absolute atomic E-state index is 0.0234. The van der Waals surface area contributed by atoms with E-state index in [9.17, 15) is 13.9 Å². The van der Waals surface area contributed by atoms with Crippen LogP contribution in [0.1, 0.15) is 80.7 Å². The van der Waals surface area contributed by atoms with Crippen LogP contribution in [-0.4, -0.2) is 76.6 Å². The Hall–Kier alpha value is -6.58. The number of hydrogen-bond acceptors (Lipinski definition) is 11. The molecule has 13 nitrogen and oxygen atoms in total. The first kappa shape index (κ1) is 42.4. The molecule has 334 valence electrons. The van der Waals surface area contributed by atoms with Gasteiger partial charge in [0.2, 0.25) is 11.9 Å². The number of imidazole rings is 2. The van der Waals surface area contributed by atoms with Crippen LogP contribution in [0.25, 0.3) is 45.3 Å². The highest BCUT2D eigenvalue weighted by Gasteiger charge is 2.33. The molecule has 2 saturated carbocycles. The molecule has 11 rings (SSSR count). The Morgan fingerprint density at radius 1 is 0.615 bits per heavy atom. The van der Waals surface area contributed by atoms with Crippen molar-refractivity contribution in [3.05, 3.63) is 126 Å². The van der Waals surface area contributed by atoms with Crippen LogP contribution < -0.4 is 15.4 Å². The van der Waals surface area contributed by atoms with E-state index < -0.39 is 0 Å². The molecule has 2 aliphatic carbocycles. The van der Waals surface area contributed by atoms with Gasteiger partial charge in [-0.15, -0.1) is 0 Å². The first-order valence-electron chi connectivity index (χ1n) is 22.7. The summed E-state index contributed by atoms with van der Waals surface area (Å²) in [7, 11) is 1.66. The average molecular weight is 879 g/mol. The number of aryl methyl sites for hydroxylation is 2. The molecule has 3 aromatic carbocycles. The maximum absolute atomic E-state index is 13.7. The predicted molar refractivity (Wildman–Crippen MR) is 244 cm³/mol. The minimum atomic E-state index is -0.278. The molecular weight excluding hydrogens is 827 g/mol. The molecule has 0 radical (unpaired) electrons. The summed E-state index contributed by atoms with van der Waals surface area (Å²) >= 11 is 0. The normalized spacial score (nSPS) is 17.7. The van der Waals surface area contributed by atoms with Crippen molar-refractivity contribution >= 4 is 11.9 Å². The molecule has 0 amide bonds. The van der Waals surface area contributed by atoms with Gasteiger partial charge in [-0.1, -0.05) is 12.1 Å². The number of halogens is 2. The third-order valence-electron chi connectivity index (χ3n) is 13.0. The van der Waals surface area contributed by atoms with Gasteiger partial charge in [0, 0.05) is 48.4 Å². The molecule has 2 atom stereocenters. The third kappa shape index (κ3) is 9.07. The van der Waals surface area contributed by atoms with E-state index in [0.717, 1.165) is 120 Å². The number of aliphatic hydroxyl groups is 1. The lowest BCUT2D eigenvalue weighted by Gasteiger charge is -2.26. The molecule has 3 N–H and O–H groups in total. The van der Waals surface area contributed by atoms with E-state index in [1.165, 1.54) is 37.1 Å². The number of nitrogens with zero attached hydrogens (tertiary/aromatic N) is 8. The minimum Gasteiger partial charge on any atom is -0.497 e. The Bertz CT molecular complexity index is 2730. The Kier molecular flexibility index (Phi) is 12.3. The second kappa shape index (κ2) is 18.9. The van der Waals surface area contributed by atoms with Crippen LogP contribution in [0.15, 0.2) is 97.3 Å². The van der Waals surface area contributed by atoms with Crippen molar-refractivity contribution in [3.8, 4) is 51.0 Å². The Balaban J connectivity index is 0.000000159. The van der Waals surface area contributed by atoms with Crippen LogP contribution in [-0.2, 0) is 24.2 Å². The molecule has 2 fully saturated rings. The number of anilines is 2. The highest BCUT2D eigenvalue weighted by atomic mass is 19.1.